The lowest BCUT2D eigenvalue weighted by Gasteiger charge is -2.14. The van der Waals surface area contributed by atoms with Gasteiger partial charge in [0.1, 0.15) is 0 Å². The molecule has 0 atom stereocenters. The van der Waals surface area contributed by atoms with Crippen LogP contribution in [-0.2, 0) is 16.0 Å². The van der Waals surface area contributed by atoms with E-state index in [4.69, 9.17) is 14.2 Å². The van der Waals surface area contributed by atoms with Gasteiger partial charge in [-0.05, 0) is 16.3 Å². The number of nitrogens with one attached hydrogen (secondary N) is 2. The van der Waals surface area contributed by atoms with Gasteiger partial charge >= 0.3 is 0 Å². The predicted octanol–water partition coefficient (Wildman–Crippen LogP) is 3.16. The normalized spacial score (nSPS) is 10.4. The van der Waals surface area contributed by atoms with Gasteiger partial charge in [-0.2, -0.15) is 0 Å². The fourth-order valence-corrected chi connectivity index (χ4v) is 3.22. The number of ether oxygens (including phenoxy) is 3. The zero-order valence-electron chi connectivity index (χ0n) is 17.2. The van der Waals surface area contributed by atoms with Gasteiger partial charge < -0.3 is 24.8 Å². The molecule has 0 saturated carbocycles. The molecule has 7 heteroatoms. The first kappa shape index (κ1) is 21.0. The Hall–Kier alpha value is -3.74. The number of carbonyl (C=O) groups is 2. The number of carbonyl (C=O) groups excluding carboxylic acids is 2. The Labute approximate surface area is 174 Å². The van der Waals surface area contributed by atoms with Crippen LogP contribution >= 0.6 is 0 Å². The zero-order valence-corrected chi connectivity index (χ0v) is 17.2. The van der Waals surface area contributed by atoms with Crippen LogP contribution in [0.15, 0.2) is 54.6 Å². The molecule has 3 rings (SSSR count). The molecule has 7 nitrogen and oxygen atoms in total. The highest BCUT2D eigenvalue weighted by Gasteiger charge is 2.15. The average molecular weight is 408 g/mol. The molecule has 0 aliphatic rings. The maximum absolute atomic E-state index is 12.3. The third kappa shape index (κ3) is 4.81. The van der Waals surface area contributed by atoms with Crippen molar-refractivity contribution in [3.63, 3.8) is 0 Å². The van der Waals surface area contributed by atoms with Crippen LogP contribution in [-0.4, -0.2) is 39.7 Å². The standard InChI is InChI=1S/C23H24N2O5/c1-28-19-12-17(13-20(29-2)23(19)30-3)25-22(27)14-24-21(26)11-16-9-6-8-15-7-4-5-10-18(15)16/h4-10,12-13H,11,14H2,1-3H3,(H,24,26)(H,25,27). The van der Waals surface area contributed by atoms with Crippen molar-refractivity contribution in [2.75, 3.05) is 33.2 Å². The number of hydrogen-bond donors (Lipinski definition) is 2. The van der Waals surface area contributed by atoms with Gasteiger partial charge in [-0.1, -0.05) is 42.5 Å². The van der Waals surface area contributed by atoms with Crippen molar-refractivity contribution in [1.29, 1.82) is 0 Å². The van der Waals surface area contributed by atoms with E-state index >= 15 is 0 Å². The number of anilines is 1. The van der Waals surface area contributed by atoms with Gasteiger partial charge in [-0.15, -0.1) is 0 Å². The van der Waals surface area contributed by atoms with Crippen LogP contribution in [0.1, 0.15) is 5.56 Å². The maximum Gasteiger partial charge on any atom is 0.243 e. The molecule has 0 saturated heterocycles. The SMILES string of the molecule is COc1cc(NC(=O)CNC(=O)Cc2cccc3ccccc23)cc(OC)c1OC. The molecule has 0 aliphatic carbocycles. The van der Waals surface area contributed by atoms with Crippen LogP contribution in [0.25, 0.3) is 10.8 Å². The summed E-state index contributed by atoms with van der Waals surface area (Å²) in [5, 5.41) is 7.48. The van der Waals surface area contributed by atoms with Crippen molar-refractivity contribution in [1.82, 2.24) is 5.32 Å². The van der Waals surface area contributed by atoms with Gasteiger partial charge in [0.2, 0.25) is 17.6 Å². The van der Waals surface area contributed by atoms with E-state index in [-0.39, 0.29) is 24.8 Å². The summed E-state index contributed by atoms with van der Waals surface area (Å²) >= 11 is 0. The highest BCUT2D eigenvalue weighted by molar-refractivity contribution is 5.96. The van der Waals surface area contributed by atoms with E-state index in [1.165, 1.54) is 21.3 Å². The fraction of sp³-hybridized carbons (Fsp3) is 0.217. The number of fused-ring (bicyclic) bond motifs is 1. The van der Waals surface area contributed by atoms with Crippen molar-refractivity contribution in [2.45, 2.75) is 6.42 Å². The molecule has 30 heavy (non-hydrogen) atoms. The molecule has 156 valence electrons. The van der Waals surface area contributed by atoms with Crippen LogP contribution in [0.5, 0.6) is 17.2 Å². The summed E-state index contributed by atoms with van der Waals surface area (Å²) in [7, 11) is 4.50. The minimum Gasteiger partial charge on any atom is -0.493 e. The molecule has 0 bridgehead atoms. The van der Waals surface area contributed by atoms with Crippen LogP contribution < -0.4 is 24.8 Å². The summed E-state index contributed by atoms with van der Waals surface area (Å²) in [6, 6.07) is 17.0. The van der Waals surface area contributed by atoms with Gasteiger partial charge in [0.25, 0.3) is 0 Å². The van der Waals surface area contributed by atoms with Crippen LogP contribution in [0.3, 0.4) is 0 Å². The molecule has 2 N–H and O–H groups in total. The Morgan fingerprint density at radius 3 is 2.17 bits per heavy atom. The van der Waals surface area contributed by atoms with Gasteiger partial charge in [-0.3, -0.25) is 9.59 Å². The Morgan fingerprint density at radius 2 is 1.50 bits per heavy atom. The summed E-state index contributed by atoms with van der Waals surface area (Å²) in [6.07, 6.45) is 0.193. The Bertz CT molecular complexity index is 1030. The van der Waals surface area contributed by atoms with E-state index in [1.54, 1.807) is 12.1 Å². The van der Waals surface area contributed by atoms with Crippen molar-refractivity contribution in [3.8, 4) is 17.2 Å². The second-order valence-corrected chi connectivity index (χ2v) is 6.55. The Morgan fingerprint density at radius 1 is 0.833 bits per heavy atom. The summed E-state index contributed by atoms with van der Waals surface area (Å²) in [5.41, 5.74) is 1.38. The lowest BCUT2D eigenvalue weighted by atomic mass is 10.0. The summed E-state index contributed by atoms with van der Waals surface area (Å²) in [5.74, 6) is 0.683. The fourth-order valence-electron chi connectivity index (χ4n) is 3.22. The molecule has 0 radical (unpaired) electrons. The highest BCUT2D eigenvalue weighted by atomic mass is 16.5. The van der Waals surface area contributed by atoms with Crippen molar-refractivity contribution >= 4 is 28.3 Å². The molecule has 2 amide bonds. The lowest BCUT2D eigenvalue weighted by molar-refractivity contribution is -0.123. The van der Waals surface area contributed by atoms with Gasteiger partial charge in [-0.25, -0.2) is 0 Å². The van der Waals surface area contributed by atoms with E-state index in [1.807, 2.05) is 42.5 Å². The Kier molecular flexibility index (Phi) is 6.75. The van der Waals surface area contributed by atoms with Gasteiger partial charge in [0.15, 0.2) is 11.5 Å². The topological polar surface area (TPSA) is 85.9 Å². The second-order valence-electron chi connectivity index (χ2n) is 6.55. The minimum absolute atomic E-state index is 0.153. The number of methoxy groups -OCH3 is 3. The van der Waals surface area contributed by atoms with E-state index in [9.17, 15) is 9.59 Å². The summed E-state index contributed by atoms with van der Waals surface area (Å²) in [4.78, 5) is 24.6. The zero-order chi connectivity index (χ0) is 21.5. The third-order valence-corrected chi connectivity index (χ3v) is 4.63. The molecule has 3 aromatic rings. The molecular formula is C23H24N2O5. The second kappa shape index (κ2) is 9.65. The molecule has 0 heterocycles. The number of hydrogen-bond acceptors (Lipinski definition) is 5. The average Bonchev–Trinajstić information content (AvgIpc) is 2.77. The molecule has 0 aromatic heterocycles. The predicted molar refractivity (Wildman–Crippen MR) is 115 cm³/mol. The molecular weight excluding hydrogens is 384 g/mol. The van der Waals surface area contributed by atoms with Crippen LogP contribution in [0, 0.1) is 0 Å². The number of amides is 2. The first-order valence-corrected chi connectivity index (χ1v) is 9.39. The largest absolute Gasteiger partial charge is 0.493 e. The first-order chi connectivity index (χ1) is 14.5. The van der Waals surface area contributed by atoms with Crippen molar-refractivity contribution < 1.29 is 23.8 Å². The number of rotatable bonds is 8. The van der Waals surface area contributed by atoms with E-state index in [0.29, 0.717) is 22.9 Å². The smallest absolute Gasteiger partial charge is 0.243 e. The summed E-state index contributed by atoms with van der Waals surface area (Å²) < 4.78 is 15.8. The number of benzene rings is 3. The van der Waals surface area contributed by atoms with E-state index < -0.39 is 0 Å². The van der Waals surface area contributed by atoms with Crippen LogP contribution in [0.2, 0.25) is 0 Å². The Balaban J connectivity index is 1.61. The molecule has 3 aromatic carbocycles. The summed E-state index contributed by atoms with van der Waals surface area (Å²) in [6.45, 7) is -0.153. The van der Waals surface area contributed by atoms with Crippen LogP contribution in [0.4, 0.5) is 5.69 Å². The van der Waals surface area contributed by atoms with E-state index in [2.05, 4.69) is 10.6 Å². The first-order valence-electron chi connectivity index (χ1n) is 9.39. The monoisotopic (exact) mass is 408 g/mol. The minimum atomic E-state index is -0.365. The highest BCUT2D eigenvalue weighted by Crippen LogP contribution is 2.39. The molecule has 0 unspecified atom stereocenters. The maximum atomic E-state index is 12.3. The van der Waals surface area contributed by atoms with E-state index in [0.717, 1.165) is 16.3 Å². The van der Waals surface area contributed by atoms with Crippen molar-refractivity contribution in [3.05, 3.63) is 60.2 Å². The van der Waals surface area contributed by atoms with Gasteiger partial charge in [0, 0.05) is 17.8 Å². The third-order valence-electron chi connectivity index (χ3n) is 4.63. The molecule has 0 spiro atoms. The lowest BCUT2D eigenvalue weighted by Crippen LogP contribution is -2.33. The van der Waals surface area contributed by atoms with Crippen molar-refractivity contribution in [2.24, 2.45) is 0 Å². The quantitative estimate of drug-likeness (QED) is 0.598. The molecule has 0 fully saturated rings. The van der Waals surface area contributed by atoms with Gasteiger partial charge in [0.05, 0.1) is 34.3 Å². The molecule has 0 aliphatic heterocycles.